The molecule has 0 aliphatic carbocycles. The number of nitrogens with zero attached hydrogens (tertiary/aromatic N) is 1. The van der Waals surface area contributed by atoms with Gasteiger partial charge in [-0.25, -0.2) is 0 Å². The highest BCUT2D eigenvalue weighted by atomic mass is 35.5. The number of ketones is 1. The fraction of sp³-hybridized carbons (Fsp3) is 0.333. The second-order valence-electron chi connectivity index (χ2n) is 6.68. The number of carbonyl (C=O) groups is 2. The molecule has 1 amide bonds. The molecule has 136 valence electrons. The third-order valence-electron chi connectivity index (χ3n) is 4.88. The van der Waals surface area contributed by atoms with E-state index >= 15 is 0 Å². The highest BCUT2D eigenvalue weighted by molar-refractivity contribution is 7.14. The second-order valence-corrected chi connectivity index (χ2v) is 8.34. The van der Waals surface area contributed by atoms with E-state index in [1.165, 1.54) is 11.0 Å². The number of halogens is 1. The Bertz CT molecular complexity index is 813. The average molecular weight is 388 g/mol. The molecular formula is C21H22ClNO2S. The molecule has 3 rings (SSSR count). The van der Waals surface area contributed by atoms with Crippen LogP contribution in [0.15, 0.2) is 42.5 Å². The predicted molar refractivity (Wildman–Crippen MR) is 108 cm³/mol. The number of carbonyl (C=O) groups excluding carboxylic acids is 2. The van der Waals surface area contributed by atoms with E-state index in [1.54, 1.807) is 11.3 Å². The maximum absolute atomic E-state index is 12.6. The smallest absolute Gasteiger partial charge is 0.263 e. The summed E-state index contributed by atoms with van der Waals surface area (Å²) in [7, 11) is 0. The zero-order chi connectivity index (χ0) is 18.7. The Morgan fingerprint density at radius 2 is 1.81 bits per heavy atom. The molecule has 1 saturated heterocycles. The molecule has 0 N–H and O–H groups in total. The van der Waals surface area contributed by atoms with Gasteiger partial charge in [0.2, 0.25) is 0 Å². The molecule has 2 heterocycles. The quantitative estimate of drug-likeness (QED) is 0.687. The van der Waals surface area contributed by atoms with Crippen LogP contribution in [0.1, 0.15) is 38.5 Å². The number of allylic oxidation sites excluding steroid dienone is 1. The highest BCUT2D eigenvalue weighted by Crippen LogP contribution is 2.26. The standard InChI is InChI=1S/C21H22ClNO2S/c1-14-12-20(26-15(14)2)21(25)23-10-8-17(9-11-23)19(24)13-18(22)16-6-4-3-5-7-16/h3-7,12-13,17H,8-11H2,1-2H3. The van der Waals surface area contributed by atoms with E-state index in [0.29, 0.717) is 31.0 Å². The maximum Gasteiger partial charge on any atom is 0.263 e. The molecule has 1 aliphatic rings. The van der Waals surface area contributed by atoms with Crippen LogP contribution in [0.2, 0.25) is 0 Å². The Morgan fingerprint density at radius 3 is 2.38 bits per heavy atom. The zero-order valence-electron chi connectivity index (χ0n) is 15.0. The molecule has 5 heteroatoms. The lowest BCUT2D eigenvalue weighted by Gasteiger charge is -2.30. The van der Waals surface area contributed by atoms with E-state index in [2.05, 4.69) is 0 Å². The van der Waals surface area contributed by atoms with Gasteiger partial charge in [0.25, 0.3) is 5.91 Å². The van der Waals surface area contributed by atoms with Gasteiger partial charge in [-0.05, 0) is 43.9 Å². The van der Waals surface area contributed by atoms with Gasteiger partial charge in [-0.3, -0.25) is 9.59 Å². The summed E-state index contributed by atoms with van der Waals surface area (Å²) in [5, 5.41) is 0.471. The first-order valence-corrected chi connectivity index (χ1v) is 9.98. The summed E-state index contributed by atoms with van der Waals surface area (Å²) in [5.41, 5.74) is 2.00. The van der Waals surface area contributed by atoms with Gasteiger partial charge in [0.05, 0.1) is 9.91 Å². The van der Waals surface area contributed by atoms with E-state index in [9.17, 15) is 9.59 Å². The molecular weight excluding hydrogens is 366 g/mol. The molecule has 0 atom stereocenters. The largest absolute Gasteiger partial charge is 0.338 e. The van der Waals surface area contributed by atoms with Gasteiger partial charge in [0, 0.05) is 30.0 Å². The lowest BCUT2D eigenvalue weighted by Crippen LogP contribution is -2.39. The number of amides is 1. The topological polar surface area (TPSA) is 37.4 Å². The van der Waals surface area contributed by atoms with Gasteiger partial charge in [-0.2, -0.15) is 0 Å². The van der Waals surface area contributed by atoms with Gasteiger partial charge in [0.15, 0.2) is 5.78 Å². The van der Waals surface area contributed by atoms with Crippen molar-refractivity contribution in [2.75, 3.05) is 13.1 Å². The van der Waals surface area contributed by atoms with E-state index < -0.39 is 0 Å². The predicted octanol–water partition coefficient (Wildman–Crippen LogP) is 5.07. The number of likely N-dealkylation sites (tertiary alicyclic amines) is 1. The Balaban J connectivity index is 1.59. The number of hydrogen-bond acceptors (Lipinski definition) is 3. The third-order valence-corrected chi connectivity index (χ3v) is 6.35. The third kappa shape index (κ3) is 4.25. The zero-order valence-corrected chi connectivity index (χ0v) is 16.6. The summed E-state index contributed by atoms with van der Waals surface area (Å²) in [5.74, 6) is 0.0621. The molecule has 0 radical (unpaired) electrons. The van der Waals surface area contributed by atoms with Crippen LogP contribution in [0.4, 0.5) is 0 Å². The van der Waals surface area contributed by atoms with Crippen LogP contribution >= 0.6 is 22.9 Å². The molecule has 0 saturated carbocycles. The molecule has 1 aromatic carbocycles. The molecule has 1 aromatic heterocycles. The summed E-state index contributed by atoms with van der Waals surface area (Å²) in [6.45, 7) is 5.28. The van der Waals surface area contributed by atoms with E-state index in [-0.39, 0.29) is 17.6 Å². The minimum Gasteiger partial charge on any atom is -0.338 e. The van der Waals surface area contributed by atoms with Gasteiger partial charge in [0.1, 0.15) is 0 Å². The summed E-state index contributed by atoms with van der Waals surface area (Å²) in [6.07, 6.45) is 2.90. The monoisotopic (exact) mass is 387 g/mol. The number of benzene rings is 1. The number of rotatable bonds is 4. The normalized spacial score (nSPS) is 16.0. The summed E-state index contributed by atoms with van der Waals surface area (Å²) >= 11 is 7.82. The van der Waals surface area contributed by atoms with Crippen molar-refractivity contribution in [1.29, 1.82) is 0 Å². The molecule has 0 unspecified atom stereocenters. The van der Waals surface area contributed by atoms with Crippen molar-refractivity contribution < 1.29 is 9.59 Å². The molecule has 0 spiro atoms. The number of thiophene rings is 1. The van der Waals surface area contributed by atoms with Crippen LogP contribution in [0.5, 0.6) is 0 Å². The van der Waals surface area contributed by atoms with Crippen LogP contribution in [0, 0.1) is 19.8 Å². The molecule has 3 nitrogen and oxygen atoms in total. The fourth-order valence-electron chi connectivity index (χ4n) is 3.12. The Kier molecular flexibility index (Phi) is 5.94. The Hall–Kier alpha value is -1.91. The van der Waals surface area contributed by atoms with Crippen molar-refractivity contribution in [1.82, 2.24) is 4.90 Å². The summed E-state index contributed by atoms with van der Waals surface area (Å²) in [6, 6.07) is 11.4. The first-order valence-electron chi connectivity index (χ1n) is 8.78. The minimum atomic E-state index is -0.0664. The van der Waals surface area contributed by atoms with Crippen LogP contribution in [0.3, 0.4) is 0 Å². The van der Waals surface area contributed by atoms with Crippen LogP contribution in [-0.2, 0) is 4.79 Å². The highest BCUT2D eigenvalue weighted by Gasteiger charge is 2.27. The number of aryl methyl sites for hydroxylation is 2. The van der Waals surface area contributed by atoms with Crippen molar-refractivity contribution in [3.8, 4) is 0 Å². The van der Waals surface area contributed by atoms with Crippen LogP contribution in [-0.4, -0.2) is 29.7 Å². The summed E-state index contributed by atoms with van der Waals surface area (Å²) in [4.78, 5) is 29.0. The lowest BCUT2D eigenvalue weighted by molar-refractivity contribution is -0.119. The fourth-order valence-corrected chi connectivity index (χ4v) is 4.36. The van der Waals surface area contributed by atoms with Gasteiger partial charge < -0.3 is 4.90 Å². The average Bonchev–Trinajstić information content (AvgIpc) is 3.00. The van der Waals surface area contributed by atoms with E-state index in [1.807, 2.05) is 55.1 Å². The SMILES string of the molecule is Cc1cc(C(=O)N2CCC(C(=O)C=C(Cl)c3ccccc3)CC2)sc1C. The molecule has 1 fully saturated rings. The van der Waals surface area contributed by atoms with Crippen LogP contribution in [0.25, 0.3) is 5.03 Å². The Labute approximate surface area is 163 Å². The van der Waals surface area contributed by atoms with Crippen molar-refractivity contribution >= 4 is 39.7 Å². The minimum absolute atomic E-state index is 0.0498. The molecule has 26 heavy (non-hydrogen) atoms. The maximum atomic E-state index is 12.6. The second kappa shape index (κ2) is 8.19. The van der Waals surface area contributed by atoms with Crippen molar-refractivity contribution in [3.63, 3.8) is 0 Å². The van der Waals surface area contributed by atoms with E-state index in [4.69, 9.17) is 11.6 Å². The van der Waals surface area contributed by atoms with Crippen molar-refractivity contribution in [3.05, 3.63) is 63.4 Å². The van der Waals surface area contributed by atoms with E-state index in [0.717, 1.165) is 16.0 Å². The number of hydrogen-bond donors (Lipinski definition) is 0. The number of piperidine rings is 1. The van der Waals surface area contributed by atoms with Crippen molar-refractivity contribution in [2.45, 2.75) is 26.7 Å². The van der Waals surface area contributed by atoms with Gasteiger partial charge >= 0.3 is 0 Å². The first-order chi connectivity index (χ1) is 12.5. The summed E-state index contributed by atoms with van der Waals surface area (Å²) < 4.78 is 0. The van der Waals surface area contributed by atoms with Crippen LogP contribution < -0.4 is 0 Å². The van der Waals surface area contributed by atoms with Crippen molar-refractivity contribution in [2.24, 2.45) is 5.92 Å². The van der Waals surface area contributed by atoms with Gasteiger partial charge in [-0.15, -0.1) is 11.3 Å². The van der Waals surface area contributed by atoms with Gasteiger partial charge in [-0.1, -0.05) is 41.9 Å². The molecule has 2 aromatic rings. The molecule has 0 bridgehead atoms. The Morgan fingerprint density at radius 1 is 1.15 bits per heavy atom. The lowest BCUT2D eigenvalue weighted by atomic mass is 9.92. The molecule has 1 aliphatic heterocycles. The first kappa shape index (κ1) is 18.9.